The van der Waals surface area contributed by atoms with Crippen LogP contribution in [0.25, 0.3) is 0 Å². The number of alkyl halides is 1. The summed E-state index contributed by atoms with van der Waals surface area (Å²) in [6.45, 7) is 3.11. The fraction of sp³-hybridized carbons (Fsp3) is 0.353. The van der Waals surface area contributed by atoms with Gasteiger partial charge in [-0.2, -0.15) is 8.42 Å². The fourth-order valence-corrected chi connectivity index (χ4v) is 2.91. The number of carbonyl (C=O) groups excluding carboxylic acids is 1. The SMILES string of the molecule is CC(=CCCl)CCC=C(C)C(O)(OC(=O)c1ccccc1)S(=O)(=O)O. The number of hydrogen-bond donors (Lipinski definition) is 2. The van der Waals surface area contributed by atoms with Crippen LogP contribution in [0.1, 0.15) is 37.0 Å². The molecule has 1 atom stereocenters. The Morgan fingerprint density at radius 2 is 1.84 bits per heavy atom. The van der Waals surface area contributed by atoms with Gasteiger partial charge in [0.2, 0.25) is 0 Å². The number of hydrogen-bond acceptors (Lipinski definition) is 5. The van der Waals surface area contributed by atoms with Gasteiger partial charge in [0.1, 0.15) is 0 Å². The first-order valence-corrected chi connectivity index (χ1v) is 9.46. The second-order valence-electron chi connectivity index (χ2n) is 5.44. The number of carbonyl (C=O) groups is 1. The van der Waals surface area contributed by atoms with Crippen LogP contribution in [0.3, 0.4) is 0 Å². The lowest BCUT2D eigenvalue weighted by Crippen LogP contribution is -2.44. The van der Waals surface area contributed by atoms with E-state index in [0.717, 1.165) is 5.57 Å². The average Bonchev–Trinajstić information content (AvgIpc) is 2.54. The van der Waals surface area contributed by atoms with Crippen molar-refractivity contribution in [1.82, 2.24) is 0 Å². The number of benzene rings is 1. The molecule has 6 nitrogen and oxygen atoms in total. The van der Waals surface area contributed by atoms with Crippen LogP contribution in [0.15, 0.2) is 53.6 Å². The van der Waals surface area contributed by atoms with Gasteiger partial charge in [0.15, 0.2) is 0 Å². The van der Waals surface area contributed by atoms with Crippen LogP contribution in [0.2, 0.25) is 0 Å². The summed E-state index contributed by atoms with van der Waals surface area (Å²) in [5.74, 6) is -0.718. The molecule has 0 bridgehead atoms. The van der Waals surface area contributed by atoms with Gasteiger partial charge in [0.25, 0.3) is 0 Å². The van der Waals surface area contributed by atoms with E-state index >= 15 is 0 Å². The predicted molar refractivity (Wildman–Crippen MR) is 95.8 cm³/mol. The molecule has 8 heteroatoms. The first-order chi connectivity index (χ1) is 11.6. The van der Waals surface area contributed by atoms with Crippen molar-refractivity contribution < 1.29 is 27.6 Å². The van der Waals surface area contributed by atoms with Gasteiger partial charge in [0, 0.05) is 11.5 Å². The quantitative estimate of drug-likeness (QED) is 0.233. The fourth-order valence-electron chi connectivity index (χ4n) is 1.97. The van der Waals surface area contributed by atoms with Crippen LogP contribution in [0.4, 0.5) is 0 Å². The number of halogens is 1. The van der Waals surface area contributed by atoms with Gasteiger partial charge in [-0.25, -0.2) is 4.79 Å². The molecular weight excluding hydrogens is 368 g/mol. The van der Waals surface area contributed by atoms with E-state index in [1.165, 1.54) is 25.1 Å². The number of ether oxygens (including phenoxy) is 1. The van der Waals surface area contributed by atoms with Crippen LogP contribution in [-0.4, -0.2) is 35.0 Å². The minimum absolute atomic E-state index is 0.0401. The predicted octanol–water partition coefficient (Wildman–Crippen LogP) is 3.29. The lowest BCUT2D eigenvalue weighted by molar-refractivity contribution is -0.0793. The van der Waals surface area contributed by atoms with Gasteiger partial charge >= 0.3 is 21.2 Å². The third-order valence-corrected chi connectivity index (χ3v) is 4.76. The normalized spacial score (nSPS) is 15.6. The van der Waals surface area contributed by atoms with Gasteiger partial charge < -0.3 is 9.84 Å². The molecule has 1 rings (SSSR count). The summed E-state index contributed by atoms with van der Waals surface area (Å²) in [6.07, 6.45) is 4.12. The van der Waals surface area contributed by atoms with Crippen molar-refractivity contribution >= 4 is 27.7 Å². The number of allylic oxidation sites excluding steroid dienone is 3. The monoisotopic (exact) mass is 388 g/mol. The lowest BCUT2D eigenvalue weighted by Gasteiger charge is -2.25. The molecule has 1 unspecified atom stereocenters. The highest BCUT2D eigenvalue weighted by Gasteiger charge is 2.47. The Morgan fingerprint density at radius 3 is 2.36 bits per heavy atom. The van der Waals surface area contributed by atoms with Crippen molar-refractivity contribution in [3.8, 4) is 0 Å². The van der Waals surface area contributed by atoms with E-state index < -0.39 is 21.2 Å². The Hall–Kier alpha value is -1.67. The zero-order valence-electron chi connectivity index (χ0n) is 14.0. The van der Waals surface area contributed by atoms with Crippen LogP contribution in [0.5, 0.6) is 0 Å². The Morgan fingerprint density at radius 1 is 1.24 bits per heavy atom. The zero-order chi connectivity index (χ0) is 19.1. The molecule has 1 aromatic rings. The van der Waals surface area contributed by atoms with Crippen molar-refractivity contribution in [1.29, 1.82) is 0 Å². The molecule has 138 valence electrons. The first kappa shape index (κ1) is 21.4. The molecular formula is C17H21ClO6S. The largest absolute Gasteiger partial charge is 0.409 e. The van der Waals surface area contributed by atoms with Gasteiger partial charge in [-0.3, -0.25) is 4.55 Å². The summed E-state index contributed by atoms with van der Waals surface area (Å²) in [5, 5.41) is 7.18. The molecule has 0 saturated carbocycles. The van der Waals surface area contributed by atoms with Crippen molar-refractivity contribution in [2.24, 2.45) is 0 Å². The number of aliphatic hydroxyl groups is 1. The second-order valence-corrected chi connectivity index (χ2v) is 7.26. The number of rotatable bonds is 8. The van der Waals surface area contributed by atoms with E-state index in [1.807, 2.05) is 6.92 Å². The van der Waals surface area contributed by atoms with Crippen molar-refractivity contribution in [2.75, 3.05) is 5.88 Å². The van der Waals surface area contributed by atoms with Crippen molar-refractivity contribution in [3.05, 3.63) is 59.2 Å². The first-order valence-electron chi connectivity index (χ1n) is 7.48. The summed E-state index contributed by atoms with van der Waals surface area (Å²) in [5.41, 5.74) is 0.812. The molecule has 0 aromatic heterocycles. The molecule has 0 aliphatic rings. The molecule has 0 aliphatic heterocycles. The van der Waals surface area contributed by atoms with E-state index in [4.69, 9.17) is 16.3 Å². The lowest BCUT2D eigenvalue weighted by atomic mass is 10.1. The highest BCUT2D eigenvalue weighted by atomic mass is 35.5. The summed E-state index contributed by atoms with van der Waals surface area (Å²) < 4.78 is 37.3. The van der Waals surface area contributed by atoms with E-state index in [2.05, 4.69) is 0 Å². The smallest absolute Gasteiger partial charge is 0.363 e. The highest BCUT2D eigenvalue weighted by molar-refractivity contribution is 7.87. The van der Waals surface area contributed by atoms with Gasteiger partial charge in [-0.1, -0.05) is 35.9 Å². The van der Waals surface area contributed by atoms with Crippen LogP contribution < -0.4 is 0 Å². The van der Waals surface area contributed by atoms with Crippen LogP contribution in [0, 0.1) is 0 Å². The molecule has 0 amide bonds. The maximum absolute atomic E-state index is 12.1. The molecule has 0 aliphatic carbocycles. The molecule has 0 saturated heterocycles. The van der Waals surface area contributed by atoms with Gasteiger partial charge in [-0.15, -0.1) is 11.6 Å². The highest BCUT2D eigenvalue weighted by Crippen LogP contribution is 2.27. The van der Waals surface area contributed by atoms with E-state index in [0.29, 0.717) is 18.7 Å². The van der Waals surface area contributed by atoms with Crippen molar-refractivity contribution in [3.63, 3.8) is 0 Å². The minimum Gasteiger partial charge on any atom is -0.409 e. The average molecular weight is 389 g/mol. The second kappa shape index (κ2) is 9.15. The van der Waals surface area contributed by atoms with Gasteiger partial charge in [0.05, 0.1) is 5.56 Å². The standard InChI is InChI=1S/C17H21ClO6S/c1-13(11-12-18)7-6-8-14(2)17(20,25(21,22)23)24-16(19)15-9-4-3-5-10-15/h3-5,8-11,20H,6-7,12H2,1-2H3,(H,21,22,23). The Bertz CT molecular complexity index is 755. The third-order valence-electron chi connectivity index (χ3n) is 3.50. The van der Waals surface area contributed by atoms with Crippen LogP contribution in [-0.2, 0) is 14.9 Å². The van der Waals surface area contributed by atoms with Crippen LogP contribution >= 0.6 is 11.6 Å². The van der Waals surface area contributed by atoms with Crippen molar-refractivity contribution in [2.45, 2.75) is 31.8 Å². The van der Waals surface area contributed by atoms with E-state index in [9.17, 15) is 22.9 Å². The maximum atomic E-state index is 12.1. The minimum atomic E-state index is -5.12. The molecule has 2 N–H and O–H groups in total. The van der Waals surface area contributed by atoms with Gasteiger partial charge in [-0.05, 0) is 38.8 Å². The topological polar surface area (TPSA) is 101 Å². The molecule has 1 aromatic carbocycles. The summed E-state index contributed by atoms with van der Waals surface area (Å²) in [6, 6.07) is 7.56. The Kier molecular flexibility index (Phi) is 7.82. The van der Waals surface area contributed by atoms with E-state index in [1.54, 1.807) is 24.3 Å². The molecule has 0 fully saturated rings. The molecule has 0 spiro atoms. The Balaban J connectivity index is 3.03. The molecule has 25 heavy (non-hydrogen) atoms. The summed E-state index contributed by atoms with van der Waals surface area (Å²) in [7, 11) is -5.12. The summed E-state index contributed by atoms with van der Waals surface area (Å²) in [4.78, 5) is 12.1. The third kappa shape index (κ3) is 5.97. The maximum Gasteiger partial charge on any atom is 0.363 e. The molecule has 0 heterocycles. The number of esters is 1. The Labute approximate surface area is 152 Å². The molecule has 0 radical (unpaired) electrons. The van der Waals surface area contributed by atoms with E-state index in [-0.39, 0.29) is 11.1 Å². The summed E-state index contributed by atoms with van der Waals surface area (Å²) >= 11 is 5.58. The zero-order valence-corrected chi connectivity index (χ0v) is 15.5.